The summed E-state index contributed by atoms with van der Waals surface area (Å²) in [5, 5.41) is 5.77. The number of hydrogen-bond donors (Lipinski definition) is 1. The average molecular weight is 651 g/mol. The summed E-state index contributed by atoms with van der Waals surface area (Å²) in [6, 6.07) is 34.1. The van der Waals surface area contributed by atoms with Crippen molar-refractivity contribution in [2.45, 2.75) is 18.7 Å². The fraction of sp³-hybridized carbons (Fsp3) is 0.0857. The topological polar surface area (TPSA) is 85.6 Å². The largest absolute Gasteiger partial charge is 0.489 e. The monoisotopic (exact) mass is 650 g/mol. The molecule has 0 aliphatic heterocycles. The van der Waals surface area contributed by atoms with Crippen molar-refractivity contribution in [3.63, 3.8) is 0 Å². The number of ether oxygens (including phenoxy) is 1. The van der Waals surface area contributed by atoms with Crippen LogP contribution in [0.15, 0.2) is 124 Å². The minimum Gasteiger partial charge on any atom is -0.489 e. The molecule has 7 nitrogen and oxygen atoms in total. The zero-order valence-electron chi connectivity index (χ0n) is 24.1. The number of thioether (sulfide) groups is 1. The predicted octanol–water partition coefficient (Wildman–Crippen LogP) is 7.90. The Balaban J connectivity index is 1.15. The van der Waals surface area contributed by atoms with Crippen molar-refractivity contribution in [2.24, 2.45) is 5.10 Å². The third-order valence-corrected chi connectivity index (χ3v) is 9.22. The number of hydrazone groups is 1. The van der Waals surface area contributed by atoms with Gasteiger partial charge in [0.1, 0.15) is 17.2 Å². The molecule has 45 heavy (non-hydrogen) atoms. The number of amides is 1. The molecule has 0 aliphatic carbocycles. The smallest absolute Gasteiger partial charge is 0.268 e. The lowest BCUT2D eigenvalue weighted by Crippen LogP contribution is -2.24. The van der Waals surface area contributed by atoms with Crippen molar-refractivity contribution in [1.82, 2.24) is 15.0 Å². The molecular formula is C35H27ClN4O3S2. The van der Waals surface area contributed by atoms with Gasteiger partial charge in [-0.15, -0.1) is 11.3 Å². The van der Waals surface area contributed by atoms with Gasteiger partial charge in [-0.1, -0.05) is 90.1 Å². The Morgan fingerprint density at radius 2 is 1.67 bits per heavy atom. The fourth-order valence-electron chi connectivity index (χ4n) is 4.76. The van der Waals surface area contributed by atoms with Gasteiger partial charge in [0.25, 0.3) is 11.5 Å². The first-order valence-corrected chi connectivity index (χ1v) is 16.2. The number of carbonyl (C=O) groups excluding carboxylic acids is 1. The maximum Gasteiger partial charge on any atom is 0.268 e. The van der Waals surface area contributed by atoms with Crippen LogP contribution in [0.2, 0.25) is 5.02 Å². The lowest BCUT2D eigenvalue weighted by Gasteiger charge is -2.12. The van der Waals surface area contributed by atoms with Crippen LogP contribution in [0.3, 0.4) is 0 Å². The highest BCUT2D eigenvalue weighted by Gasteiger charge is 2.21. The summed E-state index contributed by atoms with van der Waals surface area (Å²) in [6.45, 7) is 2.36. The Bertz CT molecular complexity index is 2040. The molecule has 10 heteroatoms. The summed E-state index contributed by atoms with van der Waals surface area (Å²) < 4.78 is 7.40. The molecule has 0 unspecified atom stereocenters. The van der Waals surface area contributed by atoms with E-state index in [2.05, 4.69) is 10.5 Å². The lowest BCUT2D eigenvalue weighted by molar-refractivity contribution is -0.118. The summed E-state index contributed by atoms with van der Waals surface area (Å²) in [4.78, 5) is 33.3. The Hall–Kier alpha value is -4.70. The number of nitrogens with zero attached hydrogens (tertiary/aromatic N) is 3. The van der Waals surface area contributed by atoms with Gasteiger partial charge >= 0.3 is 0 Å². The summed E-state index contributed by atoms with van der Waals surface area (Å²) in [7, 11) is 0. The van der Waals surface area contributed by atoms with Crippen molar-refractivity contribution in [3.8, 4) is 22.6 Å². The number of fused-ring (bicyclic) bond motifs is 1. The van der Waals surface area contributed by atoms with Gasteiger partial charge in [0.05, 0.1) is 23.0 Å². The highest BCUT2D eigenvalue weighted by Crippen LogP contribution is 2.37. The first-order valence-electron chi connectivity index (χ1n) is 14.1. The number of carbonyl (C=O) groups is 1. The number of benzene rings is 4. The van der Waals surface area contributed by atoms with Gasteiger partial charge in [-0.2, -0.15) is 5.10 Å². The van der Waals surface area contributed by atoms with Crippen LogP contribution in [0.5, 0.6) is 5.75 Å². The third-order valence-electron chi connectivity index (χ3n) is 6.92. The van der Waals surface area contributed by atoms with E-state index >= 15 is 0 Å². The molecule has 0 aliphatic rings. The fourth-order valence-corrected chi connectivity index (χ4v) is 6.85. The van der Waals surface area contributed by atoms with Crippen LogP contribution in [0.1, 0.15) is 16.0 Å². The molecule has 6 aromatic rings. The SMILES string of the molecule is Cc1sc2nc(SCC(=O)N/N=C/c3ccc(OCc4ccccc4Cl)cc3)n(-c3ccccc3)c(=O)c2c1-c1ccccc1. The molecule has 0 saturated heterocycles. The molecule has 0 saturated carbocycles. The molecule has 0 fully saturated rings. The lowest BCUT2D eigenvalue weighted by atomic mass is 10.0. The van der Waals surface area contributed by atoms with Crippen molar-refractivity contribution in [2.75, 3.05) is 5.75 Å². The van der Waals surface area contributed by atoms with E-state index in [9.17, 15) is 9.59 Å². The molecule has 224 valence electrons. The van der Waals surface area contributed by atoms with Crippen LogP contribution in [0.25, 0.3) is 27.0 Å². The number of nitrogens with one attached hydrogen (secondary N) is 1. The molecule has 0 radical (unpaired) electrons. The number of thiophene rings is 1. The molecule has 0 spiro atoms. The number of halogens is 1. The number of para-hydroxylation sites is 1. The van der Waals surface area contributed by atoms with E-state index in [-0.39, 0.29) is 17.2 Å². The Morgan fingerprint density at radius 3 is 2.40 bits per heavy atom. The molecule has 1 N–H and O–H groups in total. The van der Waals surface area contributed by atoms with E-state index in [0.717, 1.165) is 27.1 Å². The molecular weight excluding hydrogens is 624 g/mol. The summed E-state index contributed by atoms with van der Waals surface area (Å²) in [5.41, 5.74) is 6.63. The van der Waals surface area contributed by atoms with E-state index in [4.69, 9.17) is 21.3 Å². The predicted molar refractivity (Wildman–Crippen MR) is 184 cm³/mol. The van der Waals surface area contributed by atoms with Gasteiger partial charge in [-0.3, -0.25) is 14.2 Å². The van der Waals surface area contributed by atoms with E-state index in [1.807, 2.05) is 116 Å². The van der Waals surface area contributed by atoms with E-state index in [1.165, 1.54) is 23.1 Å². The van der Waals surface area contributed by atoms with Gasteiger partial charge in [-0.25, -0.2) is 10.4 Å². The van der Waals surface area contributed by atoms with E-state index < -0.39 is 0 Å². The number of aromatic nitrogens is 2. The molecule has 6 rings (SSSR count). The number of hydrogen-bond acceptors (Lipinski definition) is 7. The molecule has 4 aromatic carbocycles. The minimum absolute atomic E-state index is 0.0207. The normalized spacial score (nSPS) is 11.2. The second-order valence-corrected chi connectivity index (χ2v) is 12.5. The minimum atomic E-state index is -0.322. The summed E-state index contributed by atoms with van der Waals surface area (Å²) in [6.07, 6.45) is 1.56. The first-order chi connectivity index (χ1) is 22.0. The van der Waals surface area contributed by atoms with Gasteiger partial charge in [0.15, 0.2) is 5.16 Å². The van der Waals surface area contributed by atoms with Gasteiger partial charge in [-0.05, 0) is 60.5 Å². The van der Waals surface area contributed by atoms with Gasteiger partial charge < -0.3 is 4.74 Å². The van der Waals surface area contributed by atoms with Crippen LogP contribution in [-0.2, 0) is 11.4 Å². The second-order valence-electron chi connectivity index (χ2n) is 9.98. The Kier molecular flexibility index (Phi) is 9.40. The molecule has 0 bridgehead atoms. The van der Waals surface area contributed by atoms with Gasteiger partial charge in [0, 0.05) is 21.0 Å². The maximum absolute atomic E-state index is 14.1. The van der Waals surface area contributed by atoms with Gasteiger partial charge in [0.2, 0.25) is 0 Å². The number of aryl methyl sites for hydroxylation is 1. The highest BCUT2D eigenvalue weighted by molar-refractivity contribution is 7.99. The first kappa shape index (κ1) is 30.3. The zero-order chi connectivity index (χ0) is 31.2. The highest BCUT2D eigenvalue weighted by atomic mass is 35.5. The van der Waals surface area contributed by atoms with Crippen molar-refractivity contribution in [1.29, 1.82) is 0 Å². The molecule has 1 amide bonds. The van der Waals surface area contributed by atoms with Crippen LogP contribution >= 0.6 is 34.7 Å². The summed E-state index contributed by atoms with van der Waals surface area (Å²) in [5.74, 6) is 0.392. The van der Waals surface area contributed by atoms with E-state index in [1.54, 1.807) is 10.8 Å². The van der Waals surface area contributed by atoms with E-state index in [0.29, 0.717) is 38.4 Å². The molecule has 2 heterocycles. The van der Waals surface area contributed by atoms with Crippen LogP contribution in [-0.4, -0.2) is 27.4 Å². The summed E-state index contributed by atoms with van der Waals surface area (Å²) >= 11 is 8.87. The maximum atomic E-state index is 14.1. The number of rotatable bonds is 10. The molecule has 0 atom stereocenters. The van der Waals surface area contributed by atoms with Crippen LogP contribution < -0.4 is 15.7 Å². The molecule has 2 aromatic heterocycles. The van der Waals surface area contributed by atoms with Crippen LogP contribution in [0.4, 0.5) is 0 Å². The Morgan fingerprint density at radius 1 is 0.978 bits per heavy atom. The second kappa shape index (κ2) is 13.9. The van der Waals surface area contributed by atoms with Crippen molar-refractivity contribution >= 4 is 57.0 Å². The van der Waals surface area contributed by atoms with Crippen molar-refractivity contribution < 1.29 is 9.53 Å². The zero-order valence-corrected chi connectivity index (χ0v) is 26.5. The standard InChI is InChI=1S/C35H27ClN4O3S2/c1-23-31(25-10-4-2-5-11-25)32-33(45-23)38-35(40(34(32)42)27-13-6-3-7-14-27)44-22-30(41)39-37-20-24-16-18-28(19-17-24)43-21-26-12-8-9-15-29(26)36/h2-20H,21-22H2,1H3,(H,39,41)/b37-20+. The third kappa shape index (κ3) is 7.01. The van der Waals surface area contributed by atoms with Crippen molar-refractivity contribution in [3.05, 3.63) is 141 Å². The Labute approximate surface area is 273 Å². The average Bonchev–Trinajstić information content (AvgIpc) is 3.40. The quantitative estimate of drug-likeness (QED) is 0.0705. The van der Waals surface area contributed by atoms with Crippen LogP contribution in [0, 0.1) is 6.92 Å².